The van der Waals surface area contributed by atoms with Crippen LogP contribution in [0.1, 0.15) is 50.7 Å². The fourth-order valence-electron chi connectivity index (χ4n) is 4.71. The van der Waals surface area contributed by atoms with E-state index in [2.05, 4.69) is 49.3 Å². The van der Waals surface area contributed by atoms with Crippen LogP contribution in [-0.4, -0.2) is 56.4 Å². The zero-order valence-electron chi connectivity index (χ0n) is 18.4. The van der Waals surface area contributed by atoms with Gasteiger partial charge in [0.2, 0.25) is 5.91 Å². The molecule has 1 amide bonds. The van der Waals surface area contributed by atoms with E-state index in [0.29, 0.717) is 11.8 Å². The van der Waals surface area contributed by atoms with Gasteiger partial charge in [-0.2, -0.15) is 0 Å². The van der Waals surface area contributed by atoms with Crippen molar-refractivity contribution in [3.63, 3.8) is 0 Å². The van der Waals surface area contributed by atoms with Crippen molar-refractivity contribution < 1.29 is 4.79 Å². The molecule has 0 spiro atoms. The molecule has 0 bridgehead atoms. The lowest BCUT2D eigenvalue weighted by Gasteiger charge is -2.24. The van der Waals surface area contributed by atoms with Crippen molar-refractivity contribution in [2.24, 2.45) is 11.8 Å². The highest BCUT2D eigenvalue weighted by Gasteiger charge is 2.41. The predicted octanol–water partition coefficient (Wildman–Crippen LogP) is 2.58. The Balaban J connectivity index is 1.38. The molecule has 31 heavy (non-hydrogen) atoms. The largest absolute Gasteiger partial charge is 0.363 e. The average molecular weight is 423 g/mol. The Kier molecular flexibility index (Phi) is 5.11. The Morgan fingerprint density at radius 2 is 1.94 bits per heavy atom. The molecule has 1 saturated heterocycles. The number of likely N-dealkylation sites (tertiary alicyclic amines) is 1. The number of nitrogens with zero attached hydrogens (tertiary/aromatic N) is 6. The van der Waals surface area contributed by atoms with Crippen molar-refractivity contribution in [2.75, 3.05) is 35.2 Å². The summed E-state index contributed by atoms with van der Waals surface area (Å²) >= 11 is 0. The monoisotopic (exact) mass is 422 g/mol. The van der Waals surface area contributed by atoms with Gasteiger partial charge in [-0.25, -0.2) is 19.9 Å². The molecule has 3 aliphatic rings. The maximum Gasteiger partial charge on any atom is 0.225 e. The van der Waals surface area contributed by atoms with Gasteiger partial charge >= 0.3 is 0 Å². The van der Waals surface area contributed by atoms with Gasteiger partial charge in [0.15, 0.2) is 11.6 Å². The summed E-state index contributed by atoms with van der Waals surface area (Å²) in [4.78, 5) is 34.7. The molecule has 2 N–H and O–H groups in total. The van der Waals surface area contributed by atoms with Gasteiger partial charge in [0, 0.05) is 49.6 Å². The van der Waals surface area contributed by atoms with Crippen LogP contribution in [0.4, 0.5) is 17.3 Å². The highest BCUT2D eigenvalue weighted by atomic mass is 16.2. The third-order valence-electron chi connectivity index (χ3n) is 6.68. The summed E-state index contributed by atoms with van der Waals surface area (Å²) < 4.78 is 0. The number of rotatable bonds is 6. The van der Waals surface area contributed by atoms with Crippen LogP contribution in [0.2, 0.25) is 0 Å². The van der Waals surface area contributed by atoms with Crippen LogP contribution in [0.3, 0.4) is 0 Å². The molecule has 4 heterocycles. The zero-order valence-corrected chi connectivity index (χ0v) is 18.4. The number of aryl methyl sites for hydroxylation is 1. The van der Waals surface area contributed by atoms with Crippen LogP contribution in [0, 0.1) is 18.8 Å². The molecular weight excluding hydrogens is 392 g/mol. The van der Waals surface area contributed by atoms with E-state index in [1.165, 1.54) is 0 Å². The number of hydrogen-bond acceptors (Lipinski definition) is 8. The molecule has 2 aliphatic heterocycles. The first-order valence-corrected chi connectivity index (χ1v) is 11.3. The molecule has 164 valence electrons. The standard InChI is InChI=1S/C22H30N8O/c1-4-14-10-29(22(31)15-6-7-15)11-17(14)27-19-18-21(26-12-25-19)30(5-2)20(28-18)16-8-23-13(3)24-9-16/h8-9,12,14-15,17,20,28H,4-7,10-11H2,1-3H3,(H,25,26,27). The molecule has 5 rings (SSSR count). The maximum atomic E-state index is 12.6. The Morgan fingerprint density at radius 3 is 2.61 bits per heavy atom. The lowest BCUT2D eigenvalue weighted by Crippen LogP contribution is -2.33. The van der Waals surface area contributed by atoms with Gasteiger partial charge in [0.1, 0.15) is 24.0 Å². The van der Waals surface area contributed by atoms with Crippen molar-refractivity contribution in [3.05, 3.63) is 30.1 Å². The number of aromatic nitrogens is 4. The van der Waals surface area contributed by atoms with Crippen LogP contribution in [-0.2, 0) is 4.79 Å². The van der Waals surface area contributed by atoms with E-state index in [1.807, 2.05) is 24.2 Å². The van der Waals surface area contributed by atoms with E-state index in [9.17, 15) is 4.79 Å². The number of amides is 1. The third kappa shape index (κ3) is 3.66. The topological polar surface area (TPSA) is 99.2 Å². The quantitative estimate of drug-likeness (QED) is 0.733. The van der Waals surface area contributed by atoms with Gasteiger partial charge in [-0.3, -0.25) is 4.79 Å². The SMILES string of the molecule is CCC1CN(C(=O)C2CC2)CC1Nc1ncnc2c1NC(c1cnc(C)nc1)N2CC. The minimum absolute atomic E-state index is 0.0867. The first-order valence-electron chi connectivity index (χ1n) is 11.3. The minimum Gasteiger partial charge on any atom is -0.363 e. The van der Waals surface area contributed by atoms with Gasteiger partial charge in [0.05, 0.1) is 0 Å². The van der Waals surface area contributed by atoms with E-state index in [1.54, 1.807) is 6.33 Å². The molecule has 9 nitrogen and oxygen atoms in total. The molecule has 3 atom stereocenters. The van der Waals surface area contributed by atoms with Gasteiger partial charge in [-0.15, -0.1) is 0 Å². The second-order valence-corrected chi connectivity index (χ2v) is 8.75. The zero-order chi connectivity index (χ0) is 21.5. The predicted molar refractivity (Wildman–Crippen MR) is 119 cm³/mol. The van der Waals surface area contributed by atoms with Crippen LogP contribution in [0.15, 0.2) is 18.7 Å². The minimum atomic E-state index is -0.0867. The van der Waals surface area contributed by atoms with Crippen molar-refractivity contribution in [2.45, 2.75) is 52.2 Å². The lowest BCUT2D eigenvalue weighted by atomic mass is 10.0. The summed E-state index contributed by atoms with van der Waals surface area (Å²) in [5, 5.41) is 7.23. The molecule has 1 saturated carbocycles. The fraction of sp³-hybridized carbons (Fsp3) is 0.591. The number of carbonyl (C=O) groups excluding carboxylic acids is 1. The first kappa shape index (κ1) is 20.0. The van der Waals surface area contributed by atoms with Gasteiger partial charge in [-0.05, 0) is 39.0 Å². The van der Waals surface area contributed by atoms with Gasteiger partial charge in [0.25, 0.3) is 0 Å². The van der Waals surface area contributed by atoms with E-state index >= 15 is 0 Å². The summed E-state index contributed by atoms with van der Waals surface area (Å²) in [6.45, 7) is 8.54. The number of carbonyl (C=O) groups is 1. The Hall–Kier alpha value is -2.97. The molecule has 0 radical (unpaired) electrons. The van der Waals surface area contributed by atoms with E-state index in [-0.39, 0.29) is 18.1 Å². The van der Waals surface area contributed by atoms with Crippen LogP contribution in [0.5, 0.6) is 0 Å². The molecular formula is C22H30N8O. The van der Waals surface area contributed by atoms with Crippen molar-refractivity contribution in [1.29, 1.82) is 0 Å². The van der Waals surface area contributed by atoms with E-state index in [0.717, 1.165) is 67.6 Å². The maximum absolute atomic E-state index is 12.6. The van der Waals surface area contributed by atoms with E-state index < -0.39 is 0 Å². The van der Waals surface area contributed by atoms with E-state index in [4.69, 9.17) is 0 Å². The fourth-order valence-corrected chi connectivity index (χ4v) is 4.71. The summed E-state index contributed by atoms with van der Waals surface area (Å²) in [6.07, 6.45) is 8.37. The Bertz CT molecular complexity index is 960. The van der Waals surface area contributed by atoms with Crippen molar-refractivity contribution >= 4 is 23.2 Å². The number of anilines is 3. The van der Waals surface area contributed by atoms with Crippen LogP contribution >= 0.6 is 0 Å². The number of fused-ring (bicyclic) bond motifs is 1. The summed E-state index contributed by atoms with van der Waals surface area (Å²) in [5.74, 6) is 3.42. The average Bonchev–Trinajstić information content (AvgIpc) is 3.45. The lowest BCUT2D eigenvalue weighted by molar-refractivity contribution is -0.131. The van der Waals surface area contributed by atoms with Crippen molar-refractivity contribution in [1.82, 2.24) is 24.8 Å². The highest BCUT2D eigenvalue weighted by molar-refractivity contribution is 5.83. The van der Waals surface area contributed by atoms with Crippen LogP contribution in [0.25, 0.3) is 0 Å². The smallest absolute Gasteiger partial charge is 0.225 e. The summed E-state index contributed by atoms with van der Waals surface area (Å²) in [5.41, 5.74) is 1.89. The third-order valence-corrected chi connectivity index (χ3v) is 6.68. The molecule has 3 unspecified atom stereocenters. The van der Waals surface area contributed by atoms with Crippen molar-refractivity contribution in [3.8, 4) is 0 Å². The molecule has 0 aromatic carbocycles. The molecule has 2 aromatic rings. The second-order valence-electron chi connectivity index (χ2n) is 8.75. The molecule has 2 fully saturated rings. The summed E-state index contributed by atoms with van der Waals surface area (Å²) in [7, 11) is 0. The first-order chi connectivity index (χ1) is 15.1. The Labute approximate surface area is 182 Å². The second kappa shape index (κ2) is 7.94. The van der Waals surface area contributed by atoms with Gasteiger partial charge in [-0.1, -0.05) is 6.92 Å². The molecule has 1 aliphatic carbocycles. The molecule has 9 heteroatoms. The highest BCUT2D eigenvalue weighted by Crippen LogP contribution is 2.43. The Morgan fingerprint density at radius 1 is 1.16 bits per heavy atom. The number of nitrogens with one attached hydrogen (secondary N) is 2. The van der Waals surface area contributed by atoms with Crippen LogP contribution < -0.4 is 15.5 Å². The normalized spacial score (nSPS) is 24.8. The number of hydrogen-bond donors (Lipinski definition) is 2. The van der Waals surface area contributed by atoms with Gasteiger partial charge < -0.3 is 20.4 Å². The summed E-state index contributed by atoms with van der Waals surface area (Å²) in [6, 6.07) is 0.185. The molecule has 2 aromatic heterocycles.